The predicted molar refractivity (Wildman–Crippen MR) is 103 cm³/mol. The van der Waals surface area contributed by atoms with E-state index in [1.54, 1.807) is 20.2 Å². The van der Waals surface area contributed by atoms with Crippen LogP contribution in [0, 0.1) is 11.8 Å². The van der Waals surface area contributed by atoms with Crippen LogP contribution in [-0.4, -0.2) is 31.3 Å². The second kappa shape index (κ2) is 9.11. The first kappa shape index (κ1) is 21.6. The van der Waals surface area contributed by atoms with Crippen LogP contribution in [0.4, 0.5) is 13.2 Å². The molecule has 1 atom stereocenters. The molecular formula is C22H26F3NO3. The Morgan fingerprint density at radius 1 is 1.21 bits per heavy atom. The minimum absolute atomic E-state index is 0.144. The first-order valence-corrected chi connectivity index (χ1v) is 9.96. The van der Waals surface area contributed by atoms with Crippen molar-refractivity contribution in [3.05, 3.63) is 41.6 Å². The van der Waals surface area contributed by atoms with E-state index in [4.69, 9.17) is 9.47 Å². The van der Waals surface area contributed by atoms with Crippen molar-refractivity contribution in [1.29, 1.82) is 0 Å². The molecule has 0 saturated heterocycles. The van der Waals surface area contributed by atoms with Gasteiger partial charge >= 0.3 is 12.1 Å². The zero-order valence-electron chi connectivity index (χ0n) is 16.7. The summed E-state index contributed by atoms with van der Waals surface area (Å²) in [5.74, 6) is -0.233. The Labute approximate surface area is 168 Å². The number of hydrogen-bond donors (Lipinski definition) is 0. The Hall–Kier alpha value is -2.15. The van der Waals surface area contributed by atoms with Crippen molar-refractivity contribution in [2.24, 2.45) is 11.8 Å². The number of alkyl halides is 3. The summed E-state index contributed by atoms with van der Waals surface area (Å²) in [6.07, 6.45) is 0.495. The highest BCUT2D eigenvalue weighted by molar-refractivity contribution is 5.83. The number of rotatable bonds is 6. The molecule has 2 aromatic rings. The van der Waals surface area contributed by atoms with Gasteiger partial charge in [0.1, 0.15) is 0 Å². The zero-order valence-corrected chi connectivity index (χ0v) is 16.7. The van der Waals surface area contributed by atoms with Gasteiger partial charge in [-0.2, -0.15) is 13.2 Å². The van der Waals surface area contributed by atoms with Gasteiger partial charge in [0.05, 0.1) is 30.2 Å². The molecule has 1 saturated carbocycles. The SMILES string of the molecule is CCOC(=O)C(COC)C1CCC(c2ccnc3ccc(C(F)(F)F)cc23)CC1. The number of esters is 1. The maximum atomic E-state index is 13.2. The lowest BCUT2D eigenvalue weighted by atomic mass is 9.73. The van der Waals surface area contributed by atoms with Gasteiger partial charge in [-0.05, 0) is 74.3 Å². The fourth-order valence-corrected chi connectivity index (χ4v) is 4.36. The number of carbonyl (C=O) groups excluding carboxylic acids is 1. The maximum Gasteiger partial charge on any atom is 0.416 e. The van der Waals surface area contributed by atoms with Crippen LogP contribution < -0.4 is 0 Å². The van der Waals surface area contributed by atoms with E-state index in [-0.39, 0.29) is 23.7 Å². The zero-order chi connectivity index (χ0) is 21.0. The Balaban J connectivity index is 1.80. The lowest BCUT2D eigenvalue weighted by Gasteiger charge is -2.33. The Morgan fingerprint density at radius 2 is 1.93 bits per heavy atom. The summed E-state index contributed by atoms with van der Waals surface area (Å²) < 4.78 is 49.9. The second-order valence-electron chi connectivity index (χ2n) is 7.56. The molecule has 1 aromatic heterocycles. The van der Waals surface area contributed by atoms with Gasteiger partial charge in [0.15, 0.2) is 0 Å². The van der Waals surface area contributed by atoms with E-state index in [9.17, 15) is 18.0 Å². The van der Waals surface area contributed by atoms with Crippen molar-refractivity contribution in [1.82, 2.24) is 4.98 Å². The summed E-state index contributed by atoms with van der Waals surface area (Å²) in [6, 6.07) is 5.54. The molecule has 1 aliphatic carbocycles. The lowest BCUT2D eigenvalue weighted by Crippen LogP contribution is -2.32. The fourth-order valence-electron chi connectivity index (χ4n) is 4.36. The molecule has 0 radical (unpaired) electrons. The van der Waals surface area contributed by atoms with Crippen LogP contribution in [-0.2, 0) is 20.4 Å². The number of ether oxygens (including phenoxy) is 2. The van der Waals surface area contributed by atoms with Crippen molar-refractivity contribution >= 4 is 16.9 Å². The van der Waals surface area contributed by atoms with Crippen LogP contribution in [0.25, 0.3) is 10.9 Å². The minimum atomic E-state index is -4.38. The van der Waals surface area contributed by atoms with Crippen LogP contribution in [0.2, 0.25) is 0 Å². The van der Waals surface area contributed by atoms with Crippen LogP contribution >= 0.6 is 0 Å². The molecule has 29 heavy (non-hydrogen) atoms. The average molecular weight is 409 g/mol. The normalized spacial score (nSPS) is 21.1. The van der Waals surface area contributed by atoms with Crippen molar-refractivity contribution < 1.29 is 27.4 Å². The smallest absolute Gasteiger partial charge is 0.416 e. The van der Waals surface area contributed by atoms with Crippen molar-refractivity contribution in [2.45, 2.75) is 44.7 Å². The molecule has 1 fully saturated rings. The molecule has 4 nitrogen and oxygen atoms in total. The molecule has 7 heteroatoms. The van der Waals surface area contributed by atoms with Gasteiger partial charge in [-0.1, -0.05) is 0 Å². The van der Waals surface area contributed by atoms with Crippen molar-refractivity contribution in [2.75, 3.05) is 20.3 Å². The van der Waals surface area contributed by atoms with Crippen LogP contribution in [0.15, 0.2) is 30.5 Å². The molecule has 0 aliphatic heterocycles. The van der Waals surface area contributed by atoms with E-state index in [2.05, 4.69) is 4.98 Å². The summed E-state index contributed by atoms with van der Waals surface area (Å²) in [6.45, 7) is 2.43. The molecule has 0 spiro atoms. The third-order valence-corrected chi connectivity index (χ3v) is 5.82. The number of fused-ring (bicyclic) bond motifs is 1. The van der Waals surface area contributed by atoms with E-state index < -0.39 is 11.7 Å². The van der Waals surface area contributed by atoms with E-state index in [0.717, 1.165) is 37.3 Å². The van der Waals surface area contributed by atoms with Crippen molar-refractivity contribution in [3.8, 4) is 0 Å². The molecule has 1 heterocycles. The molecule has 0 N–H and O–H groups in total. The van der Waals surface area contributed by atoms with E-state index >= 15 is 0 Å². The van der Waals surface area contributed by atoms with Gasteiger partial charge < -0.3 is 9.47 Å². The number of carbonyl (C=O) groups is 1. The van der Waals surface area contributed by atoms with Gasteiger partial charge in [-0.3, -0.25) is 9.78 Å². The number of pyridine rings is 1. The quantitative estimate of drug-likeness (QED) is 0.603. The largest absolute Gasteiger partial charge is 0.466 e. The number of hydrogen-bond acceptors (Lipinski definition) is 4. The highest BCUT2D eigenvalue weighted by atomic mass is 19.4. The topological polar surface area (TPSA) is 48.4 Å². The molecular weight excluding hydrogens is 383 g/mol. The molecule has 1 aromatic carbocycles. The first-order chi connectivity index (χ1) is 13.8. The number of halogens is 3. The van der Waals surface area contributed by atoms with Crippen LogP contribution in [0.1, 0.15) is 49.7 Å². The number of benzene rings is 1. The first-order valence-electron chi connectivity index (χ1n) is 9.96. The highest BCUT2D eigenvalue weighted by Gasteiger charge is 2.34. The summed E-state index contributed by atoms with van der Waals surface area (Å²) >= 11 is 0. The number of nitrogens with zero attached hydrogens (tertiary/aromatic N) is 1. The van der Waals surface area contributed by atoms with Crippen LogP contribution in [0.5, 0.6) is 0 Å². The van der Waals surface area contributed by atoms with Gasteiger partial charge in [0, 0.05) is 18.7 Å². The van der Waals surface area contributed by atoms with Gasteiger partial charge in [0.2, 0.25) is 0 Å². The van der Waals surface area contributed by atoms with Crippen molar-refractivity contribution in [3.63, 3.8) is 0 Å². The molecule has 0 bridgehead atoms. The summed E-state index contributed by atoms with van der Waals surface area (Å²) in [5.41, 5.74) is 0.816. The molecule has 0 amide bonds. The molecule has 1 unspecified atom stereocenters. The third-order valence-electron chi connectivity index (χ3n) is 5.82. The van der Waals surface area contributed by atoms with E-state index in [0.29, 0.717) is 24.1 Å². The minimum Gasteiger partial charge on any atom is -0.466 e. The monoisotopic (exact) mass is 409 g/mol. The molecule has 1 aliphatic rings. The van der Waals surface area contributed by atoms with Gasteiger partial charge in [0.25, 0.3) is 0 Å². The number of methoxy groups -OCH3 is 1. The standard InChI is InChI=1S/C22H26F3NO3/c1-3-29-21(27)19(13-28-2)15-6-4-14(5-7-15)17-10-11-26-20-9-8-16(12-18(17)20)22(23,24)25/h8-12,14-15,19H,3-7,13H2,1-2H3. The van der Waals surface area contributed by atoms with Gasteiger partial charge in [-0.25, -0.2) is 0 Å². The fraction of sp³-hybridized carbons (Fsp3) is 0.545. The third kappa shape index (κ3) is 4.89. The second-order valence-corrected chi connectivity index (χ2v) is 7.56. The highest BCUT2D eigenvalue weighted by Crippen LogP contribution is 2.42. The van der Waals surface area contributed by atoms with Gasteiger partial charge in [-0.15, -0.1) is 0 Å². The lowest BCUT2D eigenvalue weighted by molar-refractivity contribution is -0.152. The van der Waals surface area contributed by atoms with Crippen LogP contribution in [0.3, 0.4) is 0 Å². The Kier molecular flexibility index (Phi) is 6.77. The maximum absolute atomic E-state index is 13.2. The molecule has 3 rings (SSSR count). The van der Waals surface area contributed by atoms with E-state index in [1.807, 2.05) is 6.07 Å². The summed E-state index contributed by atoms with van der Waals surface area (Å²) in [7, 11) is 1.57. The molecule has 158 valence electrons. The Bertz CT molecular complexity index is 845. The summed E-state index contributed by atoms with van der Waals surface area (Å²) in [4.78, 5) is 16.5. The number of aromatic nitrogens is 1. The predicted octanol–water partition coefficient (Wildman–Crippen LogP) is 5.35. The average Bonchev–Trinajstić information content (AvgIpc) is 2.71. The van der Waals surface area contributed by atoms with E-state index in [1.165, 1.54) is 12.1 Å². The Morgan fingerprint density at radius 3 is 2.55 bits per heavy atom. The summed E-state index contributed by atoms with van der Waals surface area (Å²) in [5, 5.41) is 0.560.